The van der Waals surface area contributed by atoms with Crippen LogP contribution in [0.25, 0.3) is 0 Å². The highest BCUT2D eigenvalue weighted by molar-refractivity contribution is 5.39. The smallest absolute Gasteiger partial charge is 0.118 e. The predicted octanol–water partition coefficient (Wildman–Crippen LogP) is 3.04. The van der Waals surface area contributed by atoms with Gasteiger partial charge in [-0.05, 0) is 41.8 Å². The van der Waals surface area contributed by atoms with Gasteiger partial charge in [0.05, 0.1) is 20.3 Å². The van der Waals surface area contributed by atoms with Crippen molar-refractivity contribution in [2.24, 2.45) is 0 Å². The summed E-state index contributed by atoms with van der Waals surface area (Å²) in [6.45, 7) is 1.33. The molecule has 19 heavy (non-hydrogen) atoms. The van der Waals surface area contributed by atoms with Crippen molar-refractivity contribution < 1.29 is 9.47 Å². The zero-order valence-corrected chi connectivity index (χ0v) is 11.1. The lowest BCUT2D eigenvalue weighted by atomic mass is 10.1. The predicted molar refractivity (Wildman–Crippen MR) is 77.2 cm³/mol. The molecule has 2 rings (SSSR count). The zero-order chi connectivity index (χ0) is 13.5. The number of nitrogens with two attached hydrogens (primary N) is 1. The maximum absolute atomic E-state index is 5.66. The van der Waals surface area contributed by atoms with E-state index < -0.39 is 0 Å². The number of methoxy groups -OCH3 is 1. The average Bonchev–Trinajstić information content (AvgIpc) is 2.46. The minimum atomic E-state index is 0.624. The lowest BCUT2D eigenvalue weighted by Gasteiger charge is -2.06. The summed E-state index contributed by atoms with van der Waals surface area (Å²) in [7, 11) is 1.66. The number of hydrogen-bond acceptors (Lipinski definition) is 3. The molecule has 2 N–H and O–H groups in total. The van der Waals surface area contributed by atoms with E-state index in [1.54, 1.807) is 7.11 Å². The molecule has 0 aliphatic heterocycles. The molecule has 0 heterocycles. The van der Waals surface area contributed by atoms with Crippen molar-refractivity contribution >= 4 is 5.69 Å². The van der Waals surface area contributed by atoms with Gasteiger partial charge in [0.15, 0.2) is 0 Å². The Kier molecular flexibility index (Phi) is 4.81. The van der Waals surface area contributed by atoms with Gasteiger partial charge in [-0.1, -0.05) is 24.3 Å². The Hall–Kier alpha value is -2.00. The molecule has 0 bridgehead atoms. The van der Waals surface area contributed by atoms with E-state index in [0.717, 1.165) is 23.4 Å². The van der Waals surface area contributed by atoms with Gasteiger partial charge in [0, 0.05) is 5.69 Å². The van der Waals surface area contributed by atoms with E-state index in [4.69, 9.17) is 15.2 Å². The summed E-state index contributed by atoms with van der Waals surface area (Å²) < 4.78 is 10.8. The maximum atomic E-state index is 5.66. The number of rotatable bonds is 6. The maximum Gasteiger partial charge on any atom is 0.118 e. The molecule has 0 radical (unpaired) electrons. The van der Waals surface area contributed by atoms with Gasteiger partial charge < -0.3 is 15.2 Å². The van der Waals surface area contributed by atoms with E-state index in [2.05, 4.69) is 0 Å². The Balaban J connectivity index is 1.72. The Morgan fingerprint density at radius 3 is 2.16 bits per heavy atom. The second-order valence-corrected chi connectivity index (χ2v) is 4.39. The quantitative estimate of drug-likeness (QED) is 0.639. The normalized spacial score (nSPS) is 10.4. The first-order valence-corrected chi connectivity index (χ1v) is 6.33. The van der Waals surface area contributed by atoms with Gasteiger partial charge in [-0.25, -0.2) is 0 Å². The molecule has 0 aliphatic carbocycles. The first-order valence-electron chi connectivity index (χ1n) is 6.33. The summed E-state index contributed by atoms with van der Waals surface area (Å²) in [6, 6.07) is 15.8. The first-order chi connectivity index (χ1) is 9.28. The fourth-order valence-electron chi connectivity index (χ4n) is 1.79. The van der Waals surface area contributed by atoms with Crippen molar-refractivity contribution in [2.45, 2.75) is 13.0 Å². The molecule has 2 aromatic carbocycles. The van der Waals surface area contributed by atoms with E-state index in [1.165, 1.54) is 5.56 Å². The van der Waals surface area contributed by atoms with Crippen molar-refractivity contribution in [1.82, 2.24) is 0 Å². The Morgan fingerprint density at radius 2 is 1.53 bits per heavy atom. The summed E-state index contributed by atoms with van der Waals surface area (Å²) in [5, 5.41) is 0. The standard InChI is InChI=1S/C16H19NO2/c1-18-16-8-4-14(5-9-16)12-19-11-10-13-2-6-15(17)7-3-13/h2-9H,10-12,17H2,1H3. The van der Waals surface area contributed by atoms with Crippen LogP contribution in [0.4, 0.5) is 5.69 Å². The third kappa shape index (κ3) is 4.30. The molecule has 0 amide bonds. The SMILES string of the molecule is COc1ccc(COCCc2ccc(N)cc2)cc1. The largest absolute Gasteiger partial charge is 0.497 e. The Labute approximate surface area is 114 Å². The van der Waals surface area contributed by atoms with Crippen LogP contribution in [0.15, 0.2) is 48.5 Å². The zero-order valence-electron chi connectivity index (χ0n) is 11.1. The highest BCUT2D eigenvalue weighted by Gasteiger charge is 1.96. The van der Waals surface area contributed by atoms with Crippen LogP contribution in [0.5, 0.6) is 5.75 Å². The van der Waals surface area contributed by atoms with Crippen molar-refractivity contribution in [3.05, 3.63) is 59.7 Å². The summed E-state index contributed by atoms with van der Waals surface area (Å²) in [5.74, 6) is 0.866. The van der Waals surface area contributed by atoms with Gasteiger partial charge in [-0.3, -0.25) is 0 Å². The van der Waals surface area contributed by atoms with E-state index in [1.807, 2.05) is 48.5 Å². The molecule has 0 aliphatic rings. The number of nitrogen functional groups attached to an aromatic ring is 1. The third-order valence-corrected chi connectivity index (χ3v) is 2.94. The topological polar surface area (TPSA) is 44.5 Å². The van der Waals surface area contributed by atoms with Gasteiger partial charge in [0.25, 0.3) is 0 Å². The summed E-state index contributed by atoms with van der Waals surface area (Å²) in [4.78, 5) is 0. The van der Waals surface area contributed by atoms with Crippen LogP contribution in [-0.2, 0) is 17.8 Å². The van der Waals surface area contributed by atoms with E-state index in [9.17, 15) is 0 Å². The van der Waals surface area contributed by atoms with Gasteiger partial charge in [0.1, 0.15) is 5.75 Å². The van der Waals surface area contributed by atoms with Crippen LogP contribution < -0.4 is 10.5 Å². The summed E-state index contributed by atoms with van der Waals surface area (Å²) in [6.07, 6.45) is 0.899. The average molecular weight is 257 g/mol. The molecule has 3 nitrogen and oxygen atoms in total. The van der Waals surface area contributed by atoms with Gasteiger partial charge >= 0.3 is 0 Å². The molecule has 100 valence electrons. The number of benzene rings is 2. The molecule has 3 heteroatoms. The first kappa shape index (κ1) is 13.4. The summed E-state index contributed by atoms with van der Waals surface area (Å²) in [5.41, 5.74) is 8.82. The fraction of sp³-hybridized carbons (Fsp3) is 0.250. The minimum absolute atomic E-state index is 0.624. The van der Waals surface area contributed by atoms with Crippen molar-refractivity contribution in [3.8, 4) is 5.75 Å². The lowest BCUT2D eigenvalue weighted by Crippen LogP contribution is -1.99. The molecular formula is C16H19NO2. The number of hydrogen-bond donors (Lipinski definition) is 1. The van der Waals surface area contributed by atoms with E-state index in [0.29, 0.717) is 13.2 Å². The van der Waals surface area contributed by atoms with Crippen molar-refractivity contribution in [1.29, 1.82) is 0 Å². The van der Waals surface area contributed by atoms with E-state index >= 15 is 0 Å². The molecule has 0 saturated heterocycles. The summed E-state index contributed by atoms with van der Waals surface area (Å²) >= 11 is 0. The Morgan fingerprint density at radius 1 is 0.895 bits per heavy atom. The van der Waals surface area contributed by atoms with Crippen LogP contribution in [-0.4, -0.2) is 13.7 Å². The van der Waals surface area contributed by atoms with Gasteiger partial charge in [0.2, 0.25) is 0 Å². The van der Waals surface area contributed by atoms with Crippen LogP contribution >= 0.6 is 0 Å². The molecule has 0 aromatic heterocycles. The van der Waals surface area contributed by atoms with Crippen LogP contribution in [0.2, 0.25) is 0 Å². The van der Waals surface area contributed by atoms with Crippen LogP contribution in [0.1, 0.15) is 11.1 Å². The van der Waals surface area contributed by atoms with Gasteiger partial charge in [-0.2, -0.15) is 0 Å². The highest BCUT2D eigenvalue weighted by Crippen LogP contribution is 2.12. The highest BCUT2D eigenvalue weighted by atomic mass is 16.5. The number of anilines is 1. The second kappa shape index (κ2) is 6.81. The monoisotopic (exact) mass is 257 g/mol. The molecule has 0 fully saturated rings. The van der Waals surface area contributed by atoms with Crippen LogP contribution in [0, 0.1) is 0 Å². The minimum Gasteiger partial charge on any atom is -0.497 e. The molecule has 0 saturated carbocycles. The van der Waals surface area contributed by atoms with Crippen LogP contribution in [0.3, 0.4) is 0 Å². The number of ether oxygens (including phenoxy) is 2. The third-order valence-electron chi connectivity index (χ3n) is 2.94. The van der Waals surface area contributed by atoms with Gasteiger partial charge in [-0.15, -0.1) is 0 Å². The fourth-order valence-corrected chi connectivity index (χ4v) is 1.79. The van der Waals surface area contributed by atoms with Crippen molar-refractivity contribution in [2.75, 3.05) is 19.5 Å². The second-order valence-electron chi connectivity index (χ2n) is 4.39. The van der Waals surface area contributed by atoms with E-state index in [-0.39, 0.29) is 0 Å². The molecule has 0 spiro atoms. The van der Waals surface area contributed by atoms with Crippen molar-refractivity contribution in [3.63, 3.8) is 0 Å². The molecule has 0 atom stereocenters. The molecular weight excluding hydrogens is 238 g/mol. The Bertz CT molecular complexity index is 491. The lowest BCUT2D eigenvalue weighted by molar-refractivity contribution is 0.124. The molecule has 2 aromatic rings. The molecule has 0 unspecified atom stereocenters.